The van der Waals surface area contributed by atoms with E-state index in [9.17, 15) is 0 Å². The molecule has 12 heavy (non-hydrogen) atoms. The van der Waals surface area contributed by atoms with Gasteiger partial charge in [-0.25, -0.2) is 0 Å². The standard InChI is InChI=1S/C8H14N2O.ClH/c9-5-1-3-7(10)8-4-2-6-11-8;/h2,4,6-7H,1,3,5,9-10H2;1H/t7-;/m1./s1. The van der Waals surface area contributed by atoms with E-state index in [0.29, 0.717) is 6.54 Å². The van der Waals surface area contributed by atoms with E-state index in [1.54, 1.807) is 6.26 Å². The van der Waals surface area contributed by atoms with Gasteiger partial charge in [0, 0.05) is 0 Å². The van der Waals surface area contributed by atoms with Crippen molar-refractivity contribution in [1.29, 1.82) is 0 Å². The molecule has 0 aliphatic heterocycles. The first-order valence-corrected chi connectivity index (χ1v) is 3.83. The van der Waals surface area contributed by atoms with E-state index >= 15 is 0 Å². The van der Waals surface area contributed by atoms with Gasteiger partial charge in [-0.15, -0.1) is 12.4 Å². The van der Waals surface area contributed by atoms with Crippen LogP contribution in [0.3, 0.4) is 0 Å². The average molecular weight is 191 g/mol. The highest BCUT2D eigenvalue weighted by atomic mass is 35.5. The zero-order chi connectivity index (χ0) is 8.10. The van der Waals surface area contributed by atoms with Crippen LogP contribution in [0.4, 0.5) is 0 Å². The summed E-state index contributed by atoms with van der Waals surface area (Å²) in [5.41, 5.74) is 11.1. The fraction of sp³-hybridized carbons (Fsp3) is 0.500. The van der Waals surface area contributed by atoms with Gasteiger partial charge in [0.2, 0.25) is 0 Å². The molecule has 4 heteroatoms. The first-order valence-electron chi connectivity index (χ1n) is 3.83. The summed E-state index contributed by atoms with van der Waals surface area (Å²) < 4.78 is 5.13. The number of rotatable bonds is 4. The van der Waals surface area contributed by atoms with Crippen LogP contribution in [0.5, 0.6) is 0 Å². The molecule has 0 fully saturated rings. The van der Waals surface area contributed by atoms with Crippen molar-refractivity contribution >= 4 is 12.4 Å². The van der Waals surface area contributed by atoms with Gasteiger partial charge in [-0.3, -0.25) is 0 Å². The Bertz CT molecular complexity index is 189. The van der Waals surface area contributed by atoms with Gasteiger partial charge in [-0.1, -0.05) is 0 Å². The van der Waals surface area contributed by atoms with E-state index in [4.69, 9.17) is 15.9 Å². The summed E-state index contributed by atoms with van der Waals surface area (Å²) in [6.45, 7) is 0.689. The van der Waals surface area contributed by atoms with Crippen LogP contribution in [0.2, 0.25) is 0 Å². The van der Waals surface area contributed by atoms with E-state index in [-0.39, 0.29) is 18.4 Å². The second-order valence-corrected chi connectivity index (χ2v) is 2.55. The summed E-state index contributed by atoms with van der Waals surface area (Å²) >= 11 is 0. The molecule has 1 heterocycles. The number of hydrogen-bond acceptors (Lipinski definition) is 3. The van der Waals surface area contributed by atoms with Crippen molar-refractivity contribution in [2.24, 2.45) is 11.5 Å². The molecule has 0 aliphatic rings. The molecule has 0 radical (unpaired) electrons. The molecule has 0 unspecified atom stereocenters. The molecular weight excluding hydrogens is 176 g/mol. The van der Waals surface area contributed by atoms with E-state index in [1.807, 2.05) is 12.1 Å². The predicted octanol–water partition coefficient (Wildman–Crippen LogP) is 1.44. The Labute approximate surface area is 78.5 Å². The van der Waals surface area contributed by atoms with E-state index in [1.165, 1.54) is 0 Å². The Morgan fingerprint density at radius 1 is 1.50 bits per heavy atom. The molecule has 0 aliphatic carbocycles. The quantitative estimate of drug-likeness (QED) is 0.755. The molecule has 70 valence electrons. The maximum Gasteiger partial charge on any atom is 0.120 e. The maximum atomic E-state index is 5.78. The number of halogens is 1. The van der Waals surface area contributed by atoms with E-state index < -0.39 is 0 Å². The first kappa shape index (κ1) is 11.5. The Hall–Kier alpha value is -0.510. The van der Waals surface area contributed by atoms with Gasteiger partial charge >= 0.3 is 0 Å². The average Bonchev–Trinajstić information content (AvgIpc) is 2.52. The molecule has 0 aromatic carbocycles. The predicted molar refractivity (Wildman–Crippen MR) is 51.2 cm³/mol. The fourth-order valence-corrected chi connectivity index (χ4v) is 0.982. The third-order valence-corrected chi connectivity index (χ3v) is 1.63. The van der Waals surface area contributed by atoms with Crippen molar-refractivity contribution in [3.8, 4) is 0 Å². The summed E-state index contributed by atoms with van der Waals surface area (Å²) in [7, 11) is 0. The monoisotopic (exact) mass is 190 g/mol. The topological polar surface area (TPSA) is 65.2 Å². The first-order chi connectivity index (χ1) is 5.34. The molecule has 1 aromatic heterocycles. The van der Waals surface area contributed by atoms with Crippen molar-refractivity contribution in [3.05, 3.63) is 24.2 Å². The SMILES string of the molecule is Cl.NCCC[C@@H](N)c1ccco1. The van der Waals surface area contributed by atoms with Crippen molar-refractivity contribution in [2.45, 2.75) is 18.9 Å². The number of hydrogen-bond donors (Lipinski definition) is 2. The van der Waals surface area contributed by atoms with Crippen molar-refractivity contribution in [1.82, 2.24) is 0 Å². The third-order valence-electron chi connectivity index (χ3n) is 1.63. The largest absolute Gasteiger partial charge is 0.468 e. The van der Waals surface area contributed by atoms with Gasteiger partial charge in [0.1, 0.15) is 5.76 Å². The minimum absolute atomic E-state index is 0. The summed E-state index contributed by atoms with van der Waals surface area (Å²) in [4.78, 5) is 0. The Morgan fingerprint density at radius 2 is 2.25 bits per heavy atom. The Morgan fingerprint density at radius 3 is 2.75 bits per heavy atom. The van der Waals surface area contributed by atoms with Gasteiger partial charge in [0.15, 0.2) is 0 Å². The molecule has 3 nitrogen and oxygen atoms in total. The van der Waals surface area contributed by atoms with Gasteiger partial charge in [0.25, 0.3) is 0 Å². The van der Waals surface area contributed by atoms with Gasteiger partial charge in [0.05, 0.1) is 12.3 Å². The van der Waals surface area contributed by atoms with Crippen LogP contribution < -0.4 is 11.5 Å². The van der Waals surface area contributed by atoms with Crippen LogP contribution in [0.15, 0.2) is 22.8 Å². The van der Waals surface area contributed by atoms with Crippen LogP contribution in [0, 0.1) is 0 Å². The van der Waals surface area contributed by atoms with Crippen molar-refractivity contribution in [3.63, 3.8) is 0 Å². The van der Waals surface area contributed by atoms with Crippen LogP contribution in [0.25, 0.3) is 0 Å². The van der Waals surface area contributed by atoms with Crippen molar-refractivity contribution in [2.75, 3.05) is 6.54 Å². The van der Waals surface area contributed by atoms with Gasteiger partial charge < -0.3 is 15.9 Å². The van der Waals surface area contributed by atoms with Crippen LogP contribution in [-0.4, -0.2) is 6.54 Å². The second-order valence-electron chi connectivity index (χ2n) is 2.55. The molecule has 1 rings (SSSR count). The molecule has 0 bridgehead atoms. The number of nitrogens with two attached hydrogens (primary N) is 2. The van der Waals surface area contributed by atoms with Crippen LogP contribution in [0.1, 0.15) is 24.6 Å². The van der Waals surface area contributed by atoms with Gasteiger partial charge in [-0.2, -0.15) is 0 Å². The minimum atomic E-state index is 0. The lowest BCUT2D eigenvalue weighted by Crippen LogP contribution is -2.11. The normalized spacial score (nSPS) is 12.2. The molecule has 1 aromatic rings. The lowest BCUT2D eigenvalue weighted by atomic mass is 10.1. The molecule has 0 saturated carbocycles. The van der Waals surface area contributed by atoms with Crippen molar-refractivity contribution < 1.29 is 4.42 Å². The Balaban J connectivity index is 0.00000121. The van der Waals surface area contributed by atoms with E-state index in [2.05, 4.69) is 0 Å². The summed E-state index contributed by atoms with van der Waals surface area (Å²) in [5, 5.41) is 0. The summed E-state index contributed by atoms with van der Waals surface area (Å²) in [6, 6.07) is 3.74. The highest BCUT2D eigenvalue weighted by Gasteiger charge is 2.06. The molecule has 0 spiro atoms. The minimum Gasteiger partial charge on any atom is -0.468 e. The fourth-order valence-electron chi connectivity index (χ4n) is 0.982. The maximum absolute atomic E-state index is 5.78. The van der Waals surface area contributed by atoms with Crippen LogP contribution in [-0.2, 0) is 0 Å². The molecule has 0 amide bonds. The summed E-state index contributed by atoms with van der Waals surface area (Å²) in [5.74, 6) is 0.846. The summed E-state index contributed by atoms with van der Waals surface area (Å²) in [6.07, 6.45) is 3.48. The number of furan rings is 1. The molecule has 4 N–H and O–H groups in total. The lowest BCUT2D eigenvalue weighted by molar-refractivity contribution is 0.447. The molecule has 0 saturated heterocycles. The van der Waals surface area contributed by atoms with E-state index in [0.717, 1.165) is 18.6 Å². The highest BCUT2D eigenvalue weighted by Crippen LogP contribution is 2.14. The zero-order valence-electron chi connectivity index (χ0n) is 6.90. The Kier molecular flexibility index (Phi) is 5.80. The second kappa shape index (κ2) is 6.06. The van der Waals surface area contributed by atoms with Crippen LogP contribution >= 0.6 is 12.4 Å². The highest BCUT2D eigenvalue weighted by molar-refractivity contribution is 5.85. The lowest BCUT2D eigenvalue weighted by Gasteiger charge is -2.06. The smallest absolute Gasteiger partial charge is 0.120 e. The third kappa shape index (κ3) is 3.26. The van der Waals surface area contributed by atoms with Gasteiger partial charge in [-0.05, 0) is 31.5 Å². The zero-order valence-corrected chi connectivity index (χ0v) is 7.72. The molecular formula is C8H15ClN2O. The molecule has 1 atom stereocenters.